The van der Waals surface area contributed by atoms with Gasteiger partial charge in [-0.25, -0.2) is 0 Å². The molecular formula is C21H32N2O3. The number of unbranched alkanes of at least 4 members (excludes halogenated alkanes) is 1. The molecule has 0 fully saturated rings. The number of nitrogens with one attached hydrogen (secondary N) is 1. The molecule has 1 rings (SSSR count). The number of carbonyl (C=O) groups is 1. The summed E-state index contributed by atoms with van der Waals surface area (Å²) in [6.45, 7) is 11.2. The molecule has 144 valence electrons. The molecule has 1 N–H and O–H groups in total. The normalized spacial score (nSPS) is 13.1. The molecule has 0 radical (unpaired) electrons. The Morgan fingerprint density at radius 2 is 2.04 bits per heavy atom. The van der Waals surface area contributed by atoms with Gasteiger partial charge in [-0.3, -0.25) is 4.79 Å². The third-order valence-electron chi connectivity index (χ3n) is 4.06. The Kier molecular flexibility index (Phi) is 9.15. The van der Waals surface area contributed by atoms with Crippen LogP contribution < -0.4 is 10.1 Å². The molecule has 5 heteroatoms. The Bertz CT molecular complexity index is 612. The SMILES string of the molecule is CCCCC(C)(OCCC)C(=O)Nc1ccc(OCC(C)C)cc1C#N. The predicted octanol–water partition coefficient (Wildman–Crippen LogP) is 4.91. The number of hydrogen-bond donors (Lipinski definition) is 1. The maximum Gasteiger partial charge on any atom is 0.256 e. The zero-order valence-corrected chi connectivity index (χ0v) is 16.7. The number of benzene rings is 1. The molecule has 1 aromatic carbocycles. The smallest absolute Gasteiger partial charge is 0.256 e. The Morgan fingerprint density at radius 3 is 2.62 bits per heavy atom. The summed E-state index contributed by atoms with van der Waals surface area (Å²) in [4.78, 5) is 12.8. The Labute approximate surface area is 157 Å². The van der Waals surface area contributed by atoms with Crippen molar-refractivity contribution in [3.05, 3.63) is 23.8 Å². The number of nitrogens with zero attached hydrogens (tertiary/aromatic N) is 1. The number of rotatable bonds is 11. The molecule has 0 aromatic heterocycles. The van der Waals surface area contributed by atoms with Gasteiger partial charge in [-0.15, -0.1) is 0 Å². The lowest BCUT2D eigenvalue weighted by atomic mass is 9.97. The molecule has 0 aliphatic heterocycles. The van der Waals surface area contributed by atoms with Gasteiger partial charge < -0.3 is 14.8 Å². The second-order valence-corrected chi connectivity index (χ2v) is 7.16. The summed E-state index contributed by atoms with van der Waals surface area (Å²) < 4.78 is 11.5. The van der Waals surface area contributed by atoms with Crippen molar-refractivity contribution in [3.8, 4) is 11.8 Å². The van der Waals surface area contributed by atoms with Crippen LogP contribution in [0.4, 0.5) is 5.69 Å². The van der Waals surface area contributed by atoms with Crippen molar-refractivity contribution >= 4 is 11.6 Å². The van der Waals surface area contributed by atoms with E-state index in [0.717, 1.165) is 19.3 Å². The number of nitriles is 1. The van der Waals surface area contributed by atoms with Crippen LogP contribution in [-0.2, 0) is 9.53 Å². The highest BCUT2D eigenvalue weighted by Gasteiger charge is 2.33. The monoisotopic (exact) mass is 360 g/mol. The molecule has 1 amide bonds. The molecule has 5 nitrogen and oxygen atoms in total. The fraction of sp³-hybridized carbons (Fsp3) is 0.619. The maximum absolute atomic E-state index is 12.8. The van der Waals surface area contributed by atoms with Gasteiger partial charge in [0.2, 0.25) is 0 Å². The minimum absolute atomic E-state index is 0.216. The summed E-state index contributed by atoms with van der Waals surface area (Å²) in [6.07, 6.45) is 3.39. The summed E-state index contributed by atoms with van der Waals surface area (Å²) in [5.74, 6) is 0.811. The standard InChI is InChI=1S/C21H32N2O3/c1-6-8-11-21(5,26-12-7-2)20(24)23-19-10-9-18(13-17(19)14-22)25-15-16(3)4/h9-10,13,16H,6-8,11-12,15H2,1-5H3,(H,23,24). The molecular weight excluding hydrogens is 328 g/mol. The summed E-state index contributed by atoms with van der Waals surface area (Å²) in [5.41, 5.74) is -0.0314. The van der Waals surface area contributed by atoms with Crippen molar-refractivity contribution in [3.63, 3.8) is 0 Å². The number of hydrogen-bond acceptors (Lipinski definition) is 4. The predicted molar refractivity (Wildman–Crippen MR) is 104 cm³/mol. The third kappa shape index (κ3) is 6.68. The number of amides is 1. The van der Waals surface area contributed by atoms with Crippen molar-refractivity contribution in [1.82, 2.24) is 0 Å². The quantitative estimate of drug-likeness (QED) is 0.609. The molecule has 0 heterocycles. The topological polar surface area (TPSA) is 71.3 Å². The zero-order valence-electron chi connectivity index (χ0n) is 16.7. The molecule has 0 aliphatic rings. The first kappa shape index (κ1) is 22.0. The first-order chi connectivity index (χ1) is 12.4. The highest BCUT2D eigenvalue weighted by atomic mass is 16.5. The minimum atomic E-state index is -0.897. The molecule has 1 unspecified atom stereocenters. The van der Waals surface area contributed by atoms with Gasteiger partial charge in [-0.2, -0.15) is 5.26 Å². The van der Waals surface area contributed by atoms with Crippen LogP contribution in [0.5, 0.6) is 5.75 Å². The van der Waals surface area contributed by atoms with E-state index < -0.39 is 5.60 Å². The fourth-order valence-corrected chi connectivity index (χ4v) is 2.42. The van der Waals surface area contributed by atoms with Crippen LogP contribution >= 0.6 is 0 Å². The van der Waals surface area contributed by atoms with Crippen LogP contribution in [0.25, 0.3) is 0 Å². The van der Waals surface area contributed by atoms with Crippen LogP contribution in [-0.4, -0.2) is 24.7 Å². The van der Waals surface area contributed by atoms with Crippen molar-refractivity contribution in [2.45, 2.75) is 65.9 Å². The van der Waals surface area contributed by atoms with Crippen LogP contribution in [0.15, 0.2) is 18.2 Å². The van der Waals surface area contributed by atoms with E-state index in [0.29, 0.717) is 42.6 Å². The van der Waals surface area contributed by atoms with Gasteiger partial charge in [-0.05, 0) is 43.9 Å². The lowest BCUT2D eigenvalue weighted by Crippen LogP contribution is -2.43. The largest absolute Gasteiger partial charge is 0.493 e. The van der Waals surface area contributed by atoms with Crippen LogP contribution in [0.1, 0.15) is 65.9 Å². The van der Waals surface area contributed by atoms with E-state index in [1.54, 1.807) is 18.2 Å². The highest BCUT2D eigenvalue weighted by molar-refractivity contribution is 5.98. The molecule has 0 saturated heterocycles. The molecule has 1 aromatic rings. The van der Waals surface area contributed by atoms with Gasteiger partial charge in [-0.1, -0.05) is 40.5 Å². The average molecular weight is 360 g/mol. The number of anilines is 1. The first-order valence-corrected chi connectivity index (χ1v) is 9.48. The van der Waals surface area contributed by atoms with Crippen molar-refractivity contribution in [2.24, 2.45) is 5.92 Å². The fourth-order valence-electron chi connectivity index (χ4n) is 2.42. The van der Waals surface area contributed by atoms with Crippen LogP contribution in [0.3, 0.4) is 0 Å². The van der Waals surface area contributed by atoms with Crippen molar-refractivity contribution in [1.29, 1.82) is 5.26 Å². The third-order valence-corrected chi connectivity index (χ3v) is 4.06. The molecule has 0 aliphatic carbocycles. The average Bonchev–Trinajstić information content (AvgIpc) is 2.63. The van der Waals surface area contributed by atoms with E-state index in [2.05, 4.69) is 32.2 Å². The molecule has 0 spiro atoms. The zero-order chi connectivity index (χ0) is 19.6. The number of carbonyl (C=O) groups excluding carboxylic acids is 1. The lowest BCUT2D eigenvalue weighted by molar-refractivity contribution is -0.140. The maximum atomic E-state index is 12.8. The van der Waals surface area contributed by atoms with E-state index in [1.165, 1.54) is 0 Å². The Hall–Kier alpha value is -2.06. The van der Waals surface area contributed by atoms with E-state index in [9.17, 15) is 10.1 Å². The summed E-state index contributed by atoms with van der Waals surface area (Å²) in [6, 6.07) is 7.28. The number of ether oxygens (including phenoxy) is 2. The van der Waals surface area contributed by atoms with Crippen LogP contribution in [0, 0.1) is 17.2 Å². The van der Waals surface area contributed by atoms with E-state index in [1.807, 2.05) is 13.8 Å². The molecule has 0 bridgehead atoms. The molecule has 1 atom stereocenters. The first-order valence-electron chi connectivity index (χ1n) is 9.48. The van der Waals surface area contributed by atoms with Crippen molar-refractivity contribution < 1.29 is 14.3 Å². The van der Waals surface area contributed by atoms with E-state index >= 15 is 0 Å². The second-order valence-electron chi connectivity index (χ2n) is 7.16. The van der Waals surface area contributed by atoms with Gasteiger partial charge in [0.15, 0.2) is 0 Å². The Morgan fingerprint density at radius 1 is 1.31 bits per heavy atom. The van der Waals surface area contributed by atoms with Gasteiger partial charge in [0.1, 0.15) is 17.4 Å². The highest BCUT2D eigenvalue weighted by Crippen LogP contribution is 2.26. The lowest BCUT2D eigenvalue weighted by Gasteiger charge is -2.29. The van der Waals surface area contributed by atoms with Gasteiger partial charge >= 0.3 is 0 Å². The van der Waals surface area contributed by atoms with E-state index in [4.69, 9.17) is 9.47 Å². The minimum Gasteiger partial charge on any atom is -0.493 e. The van der Waals surface area contributed by atoms with Gasteiger partial charge in [0.05, 0.1) is 17.9 Å². The van der Waals surface area contributed by atoms with E-state index in [-0.39, 0.29) is 5.91 Å². The van der Waals surface area contributed by atoms with Gasteiger partial charge in [0, 0.05) is 6.61 Å². The molecule has 0 saturated carbocycles. The summed E-state index contributed by atoms with van der Waals surface area (Å²) in [5, 5.41) is 12.3. The van der Waals surface area contributed by atoms with Gasteiger partial charge in [0.25, 0.3) is 5.91 Å². The molecule has 26 heavy (non-hydrogen) atoms. The Balaban J connectivity index is 2.93. The summed E-state index contributed by atoms with van der Waals surface area (Å²) >= 11 is 0. The van der Waals surface area contributed by atoms with Crippen LogP contribution in [0.2, 0.25) is 0 Å². The summed E-state index contributed by atoms with van der Waals surface area (Å²) in [7, 11) is 0. The second kappa shape index (κ2) is 10.8. The van der Waals surface area contributed by atoms with Crippen molar-refractivity contribution in [2.75, 3.05) is 18.5 Å².